The maximum absolute atomic E-state index is 2.62. The largest absolute Gasteiger partial charge is 0.309 e. The number of anilines is 3. The highest BCUT2D eigenvalue weighted by Gasteiger charge is 2.53. The Morgan fingerprint density at radius 1 is 0.338 bits per heavy atom. The molecule has 1 spiro atoms. The molecule has 0 aliphatic heterocycles. The molecule has 11 aromatic rings. The number of benzene rings is 10. The van der Waals surface area contributed by atoms with Crippen LogP contribution < -0.4 is 4.90 Å². The van der Waals surface area contributed by atoms with Gasteiger partial charge >= 0.3 is 0 Å². The monoisotopic (exact) mass is 929 g/mol. The van der Waals surface area contributed by atoms with Crippen LogP contribution in [0.15, 0.2) is 224 Å². The number of rotatable bonds is 6. The van der Waals surface area contributed by atoms with E-state index in [1.165, 1.54) is 115 Å². The minimum atomic E-state index is -0.546. The van der Waals surface area contributed by atoms with Gasteiger partial charge in [0.1, 0.15) is 0 Å². The van der Waals surface area contributed by atoms with Crippen molar-refractivity contribution in [3.05, 3.63) is 258 Å². The summed E-state index contributed by atoms with van der Waals surface area (Å²) in [7, 11) is 0. The number of hydrogen-bond acceptors (Lipinski definition) is 2. The van der Waals surface area contributed by atoms with Crippen molar-refractivity contribution in [2.75, 3.05) is 4.90 Å². The van der Waals surface area contributed by atoms with Crippen molar-refractivity contribution in [2.45, 2.75) is 57.8 Å². The highest BCUT2D eigenvalue weighted by atomic mass is 32.1. The fourth-order valence-corrected chi connectivity index (χ4v) is 13.2. The molecule has 0 N–H and O–H groups in total. The lowest BCUT2D eigenvalue weighted by molar-refractivity contribution is 0.586. The summed E-state index contributed by atoms with van der Waals surface area (Å²) >= 11 is 1.88. The third-order valence-corrected chi connectivity index (χ3v) is 16.6. The van der Waals surface area contributed by atoms with Crippen LogP contribution in [0.5, 0.6) is 0 Å². The Kier molecular flexibility index (Phi) is 9.83. The number of fused-ring (bicyclic) bond motifs is 13. The molecule has 0 unspecified atom stereocenters. The summed E-state index contributed by atoms with van der Waals surface area (Å²) in [6.45, 7) is 14.1. The Morgan fingerprint density at radius 3 is 1.49 bits per heavy atom. The van der Waals surface area contributed by atoms with Gasteiger partial charge in [-0.3, -0.25) is 0 Å². The van der Waals surface area contributed by atoms with Crippen LogP contribution in [-0.4, -0.2) is 0 Å². The first-order valence-corrected chi connectivity index (χ1v) is 25.9. The minimum absolute atomic E-state index is 0.0369. The fraction of sp³-hybridized carbons (Fsp3) is 0.130. The third kappa shape index (κ3) is 6.58. The maximum Gasteiger partial charge on any atom is 0.0726 e. The molecule has 2 aliphatic rings. The zero-order chi connectivity index (χ0) is 48.2. The van der Waals surface area contributed by atoms with Gasteiger partial charge < -0.3 is 4.90 Å². The fourth-order valence-electron chi connectivity index (χ4n) is 12.1. The smallest absolute Gasteiger partial charge is 0.0726 e. The molecule has 1 heterocycles. The molecule has 2 heteroatoms. The first kappa shape index (κ1) is 43.3. The molecular formula is C69H55NS. The highest BCUT2D eigenvalue weighted by molar-refractivity contribution is 7.26. The molecule has 0 saturated carbocycles. The zero-order valence-corrected chi connectivity index (χ0v) is 42.0. The highest BCUT2D eigenvalue weighted by Crippen LogP contribution is 2.66. The van der Waals surface area contributed by atoms with Gasteiger partial charge in [-0.1, -0.05) is 236 Å². The predicted octanol–water partition coefficient (Wildman–Crippen LogP) is 19.5. The Bertz CT molecular complexity index is 3850. The molecule has 0 amide bonds. The number of thiophene rings is 1. The minimum Gasteiger partial charge on any atom is -0.309 e. The summed E-state index contributed by atoms with van der Waals surface area (Å²) in [5.41, 5.74) is 23.3. The maximum atomic E-state index is 2.62. The second-order valence-electron chi connectivity index (χ2n) is 21.6. The van der Waals surface area contributed by atoms with Crippen LogP contribution in [0.25, 0.3) is 75.8 Å². The molecule has 10 aromatic carbocycles. The summed E-state index contributed by atoms with van der Waals surface area (Å²) in [5, 5.41) is 2.54. The van der Waals surface area contributed by atoms with Gasteiger partial charge in [-0.25, -0.2) is 0 Å². The summed E-state index contributed by atoms with van der Waals surface area (Å²) in [6.07, 6.45) is 0. The Hall–Kier alpha value is -7.78. The van der Waals surface area contributed by atoms with E-state index in [0.717, 1.165) is 11.4 Å². The van der Waals surface area contributed by atoms with E-state index in [9.17, 15) is 0 Å². The van der Waals surface area contributed by atoms with Crippen LogP contribution in [0.4, 0.5) is 17.1 Å². The van der Waals surface area contributed by atoms with Crippen LogP contribution in [-0.2, 0) is 16.2 Å². The van der Waals surface area contributed by atoms with Crippen LogP contribution in [0.1, 0.15) is 74.9 Å². The van der Waals surface area contributed by atoms with Gasteiger partial charge in [0.2, 0.25) is 0 Å². The molecule has 0 fully saturated rings. The van der Waals surface area contributed by atoms with Crippen molar-refractivity contribution >= 4 is 48.6 Å². The van der Waals surface area contributed by atoms with Gasteiger partial charge in [-0.2, -0.15) is 0 Å². The van der Waals surface area contributed by atoms with E-state index in [2.05, 4.69) is 271 Å². The first-order chi connectivity index (χ1) is 34.5. The third-order valence-electron chi connectivity index (χ3n) is 15.4. The van der Waals surface area contributed by atoms with Crippen LogP contribution in [0.2, 0.25) is 0 Å². The first-order valence-electron chi connectivity index (χ1n) is 25.1. The molecule has 1 aromatic heterocycles. The molecule has 0 radical (unpaired) electrons. The average Bonchev–Trinajstić information content (AvgIpc) is 4.03. The summed E-state index contributed by atoms with van der Waals surface area (Å²) in [5.74, 6) is 0. The van der Waals surface area contributed by atoms with Crippen molar-refractivity contribution in [1.82, 2.24) is 0 Å². The van der Waals surface area contributed by atoms with Gasteiger partial charge in [0.05, 0.1) is 22.5 Å². The van der Waals surface area contributed by atoms with Crippen molar-refractivity contribution in [3.63, 3.8) is 0 Å². The Balaban J connectivity index is 1.14. The zero-order valence-electron chi connectivity index (χ0n) is 41.2. The van der Waals surface area contributed by atoms with E-state index < -0.39 is 5.41 Å². The van der Waals surface area contributed by atoms with Crippen molar-refractivity contribution < 1.29 is 0 Å². The summed E-state index contributed by atoms with van der Waals surface area (Å²) < 4.78 is 2.56. The van der Waals surface area contributed by atoms with Crippen LogP contribution >= 0.6 is 11.3 Å². The second kappa shape index (κ2) is 16.1. The second-order valence-corrected chi connectivity index (χ2v) is 22.7. The van der Waals surface area contributed by atoms with Crippen molar-refractivity contribution in [2.24, 2.45) is 0 Å². The molecule has 342 valence electrons. The molecule has 0 atom stereocenters. The molecule has 2 aliphatic carbocycles. The van der Waals surface area contributed by atoms with Crippen molar-refractivity contribution in [1.29, 1.82) is 0 Å². The van der Waals surface area contributed by atoms with E-state index >= 15 is 0 Å². The number of para-hydroxylation sites is 1. The number of hydrogen-bond donors (Lipinski definition) is 0. The molecule has 1 nitrogen and oxygen atoms in total. The topological polar surface area (TPSA) is 3.24 Å². The normalized spacial score (nSPS) is 13.3. The van der Waals surface area contributed by atoms with Crippen LogP contribution in [0, 0.1) is 0 Å². The van der Waals surface area contributed by atoms with Gasteiger partial charge in [-0.05, 0) is 119 Å². The van der Waals surface area contributed by atoms with Crippen molar-refractivity contribution in [3.8, 4) is 55.6 Å². The lowest BCUT2D eigenvalue weighted by Crippen LogP contribution is -2.27. The molecular weight excluding hydrogens is 875 g/mol. The number of nitrogens with zero attached hydrogens (tertiary/aromatic N) is 1. The molecule has 13 rings (SSSR count). The average molecular weight is 930 g/mol. The Labute approximate surface area is 422 Å². The van der Waals surface area contributed by atoms with Gasteiger partial charge in [0.15, 0.2) is 0 Å². The van der Waals surface area contributed by atoms with Gasteiger partial charge in [0, 0.05) is 31.3 Å². The SMILES string of the molecule is CC(C)(C)c1ccc2c(c1)C1(c3cc(C(C)(C)C)ccc3-2)c2ccccc2-c2c(N(c3ccccc3-c3ccccc3-c3ccccc3-c3ccccc3)c3cccc4sc5ccccc5c34)cccc21. The van der Waals surface area contributed by atoms with E-state index in [1.807, 2.05) is 11.3 Å². The van der Waals surface area contributed by atoms with E-state index in [0.29, 0.717) is 0 Å². The molecule has 0 saturated heterocycles. The van der Waals surface area contributed by atoms with Crippen LogP contribution in [0.3, 0.4) is 0 Å². The summed E-state index contributed by atoms with van der Waals surface area (Å²) in [4.78, 5) is 2.62. The van der Waals surface area contributed by atoms with Gasteiger partial charge in [0.25, 0.3) is 0 Å². The predicted molar refractivity (Wildman–Crippen MR) is 304 cm³/mol. The van der Waals surface area contributed by atoms with Gasteiger partial charge in [-0.15, -0.1) is 11.3 Å². The standard InChI is InChI=1S/C69H55NS/c1-67(2,3)45-38-40-51-52-41-39-46(68(4,5)6)43-59(52)69(58(51)42-45)56-31-17-14-29-54(56)65-57(69)32-20-34-61(65)70(62-35-21-37-64-66(62)55-30-16-19-36-63(55)71-64)60-33-18-15-28-53(60)50-27-13-12-26-49(50)48-25-11-10-24-47(48)44-22-8-7-9-23-44/h7-43H,1-6H3. The quantitative estimate of drug-likeness (QED) is 0.161. The van der Waals surface area contributed by atoms with E-state index in [-0.39, 0.29) is 10.8 Å². The Morgan fingerprint density at radius 2 is 0.817 bits per heavy atom. The lowest BCUT2D eigenvalue weighted by Gasteiger charge is -2.34. The van der Waals surface area contributed by atoms with E-state index in [1.54, 1.807) is 0 Å². The molecule has 0 bridgehead atoms. The summed E-state index contributed by atoms with van der Waals surface area (Å²) in [6, 6.07) is 84.9. The lowest BCUT2D eigenvalue weighted by atomic mass is 9.69. The van der Waals surface area contributed by atoms with E-state index in [4.69, 9.17) is 0 Å². The molecule has 71 heavy (non-hydrogen) atoms.